The molecule has 1 aliphatic heterocycles. The lowest BCUT2D eigenvalue weighted by molar-refractivity contribution is -0.385. The van der Waals surface area contributed by atoms with Crippen molar-refractivity contribution >= 4 is 29.2 Å². The summed E-state index contributed by atoms with van der Waals surface area (Å²) >= 11 is 6.16. The number of rotatable bonds is 6. The molecule has 0 aromatic heterocycles. The molecule has 2 aromatic rings. The highest BCUT2D eigenvalue weighted by molar-refractivity contribution is 6.31. The zero-order valence-electron chi connectivity index (χ0n) is 18.6. The van der Waals surface area contributed by atoms with Gasteiger partial charge in [0.05, 0.1) is 29.1 Å². The number of esters is 2. The second kappa shape index (κ2) is 9.87. The molecule has 1 atom stereocenters. The quantitative estimate of drug-likeness (QED) is 0.370. The maximum absolute atomic E-state index is 13.3. The van der Waals surface area contributed by atoms with Crippen LogP contribution in [0.1, 0.15) is 36.5 Å². The minimum absolute atomic E-state index is 0.0600. The van der Waals surface area contributed by atoms with Crippen LogP contribution in [-0.2, 0) is 25.7 Å². The highest BCUT2D eigenvalue weighted by Gasteiger charge is 2.40. The molecule has 0 saturated heterocycles. The fourth-order valence-corrected chi connectivity index (χ4v) is 4.01. The first-order chi connectivity index (χ1) is 15.6. The second-order valence-electron chi connectivity index (χ2n) is 7.60. The van der Waals surface area contributed by atoms with Gasteiger partial charge in [0.25, 0.3) is 5.69 Å². The summed E-state index contributed by atoms with van der Waals surface area (Å²) in [5.74, 6) is -2.46. The van der Waals surface area contributed by atoms with Gasteiger partial charge in [-0.1, -0.05) is 41.9 Å². The summed E-state index contributed by atoms with van der Waals surface area (Å²) in [4.78, 5) is 37.1. The van der Waals surface area contributed by atoms with Crippen molar-refractivity contribution in [1.29, 1.82) is 0 Å². The van der Waals surface area contributed by atoms with E-state index in [0.29, 0.717) is 22.0 Å². The molecule has 1 N–H and O–H groups in total. The number of allylic oxidation sites excluding steroid dienone is 2. The number of ether oxygens (including phenoxy) is 2. The number of hydrogen-bond donors (Lipinski definition) is 1. The molecule has 0 radical (unpaired) electrons. The van der Waals surface area contributed by atoms with E-state index in [2.05, 4.69) is 5.32 Å². The van der Waals surface area contributed by atoms with E-state index in [1.807, 2.05) is 13.0 Å². The third-order valence-corrected chi connectivity index (χ3v) is 5.84. The number of aryl methyl sites for hydroxylation is 1. The zero-order chi connectivity index (χ0) is 24.3. The van der Waals surface area contributed by atoms with Gasteiger partial charge in [-0.2, -0.15) is 0 Å². The minimum atomic E-state index is -1.05. The van der Waals surface area contributed by atoms with E-state index in [1.54, 1.807) is 32.0 Å². The lowest BCUT2D eigenvalue weighted by atomic mass is 9.79. The van der Waals surface area contributed by atoms with Gasteiger partial charge in [-0.3, -0.25) is 10.1 Å². The Kier molecular flexibility index (Phi) is 7.18. The van der Waals surface area contributed by atoms with Crippen molar-refractivity contribution in [2.75, 3.05) is 7.11 Å². The summed E-state index contributed by atoms with van der Waals surface area (Å²) in [5, 5.41) is 15.3. The first-order valence-electron chi connectivity index (χ1n) is 10.1. The number of nitro groups is 1. The van der Waals surface area contributed by atoms with Crippen LogP contribution < -0.4 is 5.32 Å². The van der Waals surface area contributed by atoms with Gasteiger partial charge in [0.15, 0.2) is 0 Å². The monoisotopic (exact) mass is 470 g/mol. The van der Waals surface area contributed by atoms with E-state index in [9.17, 15) is 19.7 Å². The normalized spacial score (nSPS) is 15.7. The minimum Gasteiger partial charge on any atom is -0.466 e. The molecule has 9 heteroatoms. The van der Waals surface area contributed by atoms with Gasteiger partial charge in [-0.15, -0.1) is 0 Å². The van der Waals surface area contributed by atoms with Crippen molar-refractivity contribution in [1.82, 2.24) is 5.32 Å². The van der Waals surface area contributed by atoms with E-state index in [1.165, 1.54) is 25.3 Å². The van der Waals surface area contributed by atoms with Crippen molar-refractivity contribution in [2.24, 2.45) is 0 Å². The van der Waals surface area contributed by atoms with Crippen molar-refractivity contribution < 1.29 is 24.0 Å². The molecule has 1 heterocycles. The Morgan fingerprint density at radius 1 is 1.06 bits per heavy atom. The Morgan fingerprint density at radius 3 is 2.30 bits per heavy atom. The van der Waals surface area contributed by atoms with E-state index in [0.717, 1.165) is 5.56 Å². The third-order valence-electron chi connectivity index (χ3n) is 5.44. The SMILES string of the molecule is COC(=O)C1=C(C)NC(C)=C(C(=O)OCc2ccc(C)c(Cl)c2)C1c1ccccc1[N+](=O)[O-]. The average Bonchev–Trinajstić information content (AvgIpc) is 2.78. The Hall–Kier alpha value is -3.65. The standard InChI is InChI=1S/C24H23ClN2O6/c1-13-9-10-16(11-18(13)25)12-33-24(29)21-15(3)26-14(2)20(23(28)32-4)22(21)17-7-5-6-8-19(17)27(30)31/h5-11,22,26H,12H2,1-4H3. The lowest BCUT2D eigenvalue weighted by Crippen LogP contribution is -2.32. The molecule has 0 fully saturated rings. The molecule has 33 heavy (non-hydrogen) atoms. The molecule has 2 aromatic carbocycles. The van der Waals surface area contributed by atoms with Gasteiger partial charge in [-0.05, 0) is 38.0 Å². The number of halogens is 1. The van der Waals surface area contributed by atoms with Crippen LogP contribution in [0.2, 0.25) is 5.02 Å². The van der Waals surface area contributed by atoms with Crippen LogP contribution >= 0.6 is 11.6 Å². The number of nitrogens with zero attached hydrogens (tertiary/aromatic N) is 1. The maximum atomic E-state index is 13.3. The van der Waals surface area contributed by atoms with Gasteiger partial charge >= 0.3 is 11.9 Å². The molecule has 0 saturated carbocycles. The highest BCUT2D eigenvalue weighted by atomic mass is 35.5. The van der Waals surface area contributed by atoms with Crippen molar-refractivity contribution in [3.63, 3.8) is 0 Å². The molecule has 8 nitrogen and oxygen atoms in total. The number of nitrogens with one attached hydrogen (secondary N) is 1. The molecule has 0 spiro atoms. The largest absolute Gasteiger partial charge is 0.466 e. The molecule has 0 aliphatic carbocycles. The van der Waals surface area contributed by atoms with Crippen LogP contribution in [-0.4, -0.2) is 24.0 Å². The van der Waals surface area contributed by atoms with Crippen LogP contribution in [0, 0.1) is 17.0 Å². The molecular formula is C24H23ClN2O6. The Labute approximate surface area is 196 Å². The number of methoxy groups -OCH3 is 1. The Bertz CT molecular complexity index is 1200. The number of nitro benzene ring substituents is 1. The summed E-state index contributed by atoms with van der Waals surface area (Å²) < 4.78 is 10.5. The van der Waals surface area contributed by atoms with E-state index >= 15 is 0 Å². The summed E-state index contributed by atoms with van der Waals surface area (Å²) in [7, 11) is 1.21. The number of benzene rings is 2. The van der Waals surface area contributed by atoms with Gasteiger partial charge in [0.1, 0.15) is 6.61 Å². The third kappa shape index (κ3) is 4.90. The van der Waals surface area contributed by atoms with E-state index < -0.39 is 22.8 Å². The molecule has 1 aliphatic rings. The van der Waals surface area contributed by atoms with Gasteiger partial charge in [-0.25, -0.2) is 9.59 Å². The van der Waals surface area contributed by atoms with Crippen LogP contribution in [0.5, 0.6) is 0 Å². The topological polar surface area (TPSA) is 108 Å². The average molecular weight is 471 g/mol. The van der Waals surface area contributed by atoms with Gasteiger partial charge in [0.2, 0.25) is 0 Å². The number of hydrogen-bond acceptors (Lipinski definition) is 7. The fourth-order valence-electron chi connectivity index (χ4n) is 3.81. The molecule has 172 valence electrons. The van der Waals surface area contributed by atoms with E-state index in [-0.39, 0.29) is 29.0 Å². The summed E-state index contributed by atoms with van der Waals surface area (Å²) in [5.41, 5.74) is 2.59. The predicted molar refractivity (Wildman–Crippen MR) is 122 cm³/mol. The Balaban J connectivity index is 2.06. The van der Waals surface area contributed by atoms with Crippen LogP contribution in [0.25, 0.3) is 0 Å². The van der Waals surface area contributed by atoms with E-state index in [4.69, 9.17) is 21.1 Å². The molecule has 0 bridgehead atoms. The molecule has 1 unspecified atom stereocenters. The predicted octanol–water partition coefficient (Wildman–Crippen LogP) is 4.71. The first-order valence-corrected chi connectivity index (χ1v) is 10.5. The first kappa shape index (κ1) is 24.0. The lowest BCUT2D eigenvalue weighted by Gasteiger charge is -2.30. The molecule has 3 rings (SSSR count). The fraction of sp³-hybridized carbons (Fsp3) is 0.250. The van der Waals surface area contributed by atoms with Crippen LogP contribution in [0.15, 0.2) is 65.0 Å². The van der Waals surface area contributed by atoms with Crippen molar-refractivity contribution in [3.8, 4) is 0 Å². The highest BCUT2D eigenvalue weighted by Crippen LogP contribution is 2.42. The molecule has 0 amide bonds. The van der Waals surface area contributed by atoms with Crippen LogP contribution in [0.3, 0.4) is 0 Å². The van der Waals surface area contributed by atoms with Crippen LogP contribution in [0.4, 0.5) is 5.69 Å². The Morgan fingerprint density at radius 2 is 1.70 bits per heavy atom. The van der Waals surface area contributed by atoms with Crippen molar-refractivity contribution in [3.05, 3.63) is 96.8 Å². The summed E-state index contributed by atoms with van der Waals surface area (Å²) in [6.07, 6.45) is 0. The number of carbonyl (C=O) groups excluding carboxylic acids is 2. The van der Waals surface area contributed by atoms with Gasteiger partial charge in [0, 0.05) is 28.0 Å². The zero-order valence-corrected chi connectivity index (χ0v) is 19.4. The number of dihydropyridines is 1. The number of para-hydroxylation sites is 1. The second-order valence-corrected chi connectivity index (χ2v) is 8.01. The summed E-state index contributed by atoms with van der Waals surface area (Å²) in [6, 6.07) is 11.3. The number of carbonyl (C=O) groups is 2. The molecular weight excluding hydrogens is 448 g/mol. The maximum Gasteiger partial charge on any atom is 0.337 e. The van der Waals surface area contributed by atoms with Gasteiger partial charge < -0.3 is 14.8 Å². The summed E-state index contributed by atoms with van der Waals surface area (Å²) in [6.45, 7) is 5.10. The smallest absolute Gasteiger partial charge is 0.337 e. The van der Waals surface area contributed by atoms with Crippen molar-refractivity contribution in [2.45, 2.75) is 33.3 Å².